The van der Waals surface area contributed by atoms with Gasteiger partial charge in [-0.1, -0.05) is 0 Å². The van der Waals surface area contributed by atoms with Gasteiger partial charge in [-0.15, -0.1) is 0 Å². The highest BCUT2D eigenvalue weighted by Crippen LogP contribution is 1.91. The van der Waals surface area contributed by atoms with E-state index in [0.717, 1.165) is 26.2 Å². The Labute approximate surface area is 71.2 Å². The monoisotopic (exact) mass is 170 g/mol. The third-order valence-electron chi connectivity index (χ3n) is 1.57. The Morgan fingerprint density at radius 3 is 2.73 bits per heavy atom. The van der Waals surface area contributed by atoms with Crippen molar-refractivity contribution >= 4 is 17.3 Å². The van der Waals surface area contributed by atoms with Gasteiger partial charge in [0.2, 0.25) is 0 Å². The van der Waals surface area contributed by atoms with Crippen LogP contribution in [0.15, 0.2) is 0 Å². The second kappa shape index (κ2) is 4.11. The Morgan fingerprint density at radius 1 is 1.55 bits per heavy atom. The molecule has 11 heavy (non-hydrogen) atoms. The van der Waals surface area contributed by atoms with Crippen LogP contribution in [0.3, 0.4) is 0 Å². The molecule has 1 heterocycles. The molecule has 1 aliphatic heterocycles. The molecule has 2 N–H and O–H groups in total. The molecule has 60 valence electrons. The SMILES string of the molecule is N#CNC(=S)N1CCNCC1. The topological polar surface area (TPSA) is 51.1 Å². The van der Waals surface area contributed by atoms with E-state index >= 15 is 0 Å². The molecule has 0 bridgehead atoms. The van der Waals surface area contributed by atoms with Gasteiger partial charge in [0.1, 0.15) is 0 Å². The highest BCUT2D eigenvalue weighted by atomic mass is 32.1. The van der Waals surface area contributed by atoms with Gasteiger partial charge in [-0.2, -0.15) is 5.26 Å². The van der Waals surface area contributed by atoms with Crippen LogP contribution in [0, 0.1) is 11.5 Å². The maximum atomic E-state index is 8.28. The fraction of sp³-hybridized carbons (Fsp3) is 0.667. The predicted molar refractivity (Wildman–Crippen MR) is 45.8 cm³/mol. The number of nitriles is 1. The van der Waals surface area contributed by atoms with Gasteiger partial charge in [0.25, 0.3) is 0 Å². The second-order valence-electron chi connectivity index (χ2n) is 2.28. The summed E-state index contributed by atoms with van der Waals surface area (Å²) in [6, 6.07) is 0. The molecule has 5 heteroatoms. The highest BCUT2D eigenvalue weighted by Gasteiger charge is 2.11. The summed E-state index contributed by atoms with van der Waals surface area (Å²) in [6.07, 6.45) is 1.81. The fourth-order valence-corrected chi connectivity index (χ4v) is 1.22. The summed E-state index contributed by atoms with van der Waals surface area (Å²) in [5, 5.41) is 14.5. The third-order valence-corrected chi connectivity index (χ3v) is 1.93. The maximum absolute atomic E-state index is 8.28. The lowest BCUT2D eigenvalue weighted by Gasteiger charge is -2.28. The Morgan fingerprint density at radius 2 is 2.18 bits per heavy atom. The predicted octanol–water partition coefficient (Wildman–Crippen LogP) is -0.753. The summed E-state index contributed by atoms with van der Waals surface area (Å²) in [6.45, 7) is 3.64. The molecule has 0 aliphatic carbocycles. The zero-order valence-electron chi connectivity index (χ0n) is 6.13. The maximum Gasteiger partial charge on any atom is 0.183 e. The summed E-state index contributed by atoms with van der Waals surface area (Å²) < 4.78 is 0. The van der Waals surface area contributed by atoms with E-state index in [1.165, 1.54) is 0 Å². The second-order valence-corrected chi connectivity index (χ2v) is 2.67. The van der Waals surface area contributed by atoms with Gasteiger partial charge in [0.15, 0.2) is 11.3 Å². The average Bonchev–Trinajstić information content (AvgIpc) is 2.07. The molecule has 0 aromatic carbocycles. The van der Waals surface area contributed by atoms with Crippen molar-refractivity contribution in [3.8, 4) is 6.19 Å². The Bertz CT molecular complexity index is 180. The van der Waals surface area contributed by atoms with Crippen molar-refractivity contribution in [1.29, 1.82) is 5.26 Å². The van der Waals surface area contributed by atoms with Crippen LogP contribution in [0.4, 0.5) is 0 Å². The minimum atomic E-state index is 0.536. The molecule has 1 aliphatic rings. The molecular weight excluding hydrogens is 160 g/mol. The van der Waals surface area contributed by atoms with Crippen LogP contribution in [0.5, 0.6) is 0 Å². The van der Waals surface area contributed by atoms with Gasteiger partial charge in [-0.3, -0.25) is 5.32 Å². The molecule has 0 aromatic rings. The van der Waals surface area contributed by atoms with Crippen LogP contribution in [-0.4, -0.2) is 36.2 Å². The first-order chi connectivity index (χ1) is 5.34. The van der Waals surface area contributed by atoms with Crippen LogP contribution in [0.2, 0.25) is 0 Å². The summed E-state index contributed by atoms with van der Waals surface area (Å²) in [4.78, 5) is 1.98. The van der Waals surface area contributed by atoms with Crippen molar-refractivity contribution in [2.45, 2.75) is 0 Å². The quantitative estimate of drug-likeness (QED) is 0.284. The molecule has 0 radical (unpaired) electrons. The number of hydrogen-bond donors (Lipinski definition) is 2. The summed E-state index contributed by atoms with van der Waals surface area (Å²) >= 11 is 4.94. The van der Waals surface area contributed by atoms with Gasteiger partial charge in [-0.25, -0.2) is 0 Å². The van der Waals surface area contributed by atoms with Gasteiger partial charge < -0.3 is 10.2 Å². The van der Waals surface area contributed by atoms with E-state index in [1.807, 2.05) is 11.1 Å². The van der Waals surface area contributed by atoms with E-state index < -0.39 is 0 Å². The molecule has 1 saturated heterocycles. The van der Waals surface area contributed by atoms with Crippen LogP contribution >= 0.6 is 12.2 Å². The molecule has 0 amide bonds. The van der Waals surface area contributed by atoms with Crippen molar-refractivity contribution in [2.75, 3.05) is 26.2 Å². The lowest BCUT2D eigenvalue weighted by molar-refractivity contribution is 0.356. The number of piperazine rings is 1. The van der Waals surface area contributed by atoms with Gasteiger partial charge in [0, 0.05) is 26.2 Å². The van der Waals surface area contributed by atoms with E-state index in [0.29, 0.717) is 5.11 Å². The van der Waals surface area contributed by atoms with Gasteiger partial charge in [0.05, 0.1) is 0 Å². The highest BCUT2D eigenvalue weighted by molar-refractivity contribution is 7.80. The van der Waals surface area contributed by atoms with Crippen LogP contribution in [-0.2, 0) is 0 Å². The standard InChI is InChI=1S/C6H10N4S/c7-5-9-6(11)10-3-1-8-2-4-10/h8H,1-4H2,(H,9,11). The first-order valence-electron chi connectivity index (χ1n) is 3.49. The first kappa shape index (κ1) is 8.24. The third kappa shape index (κ3) is 2.33. The van der Waals surface area contributed by atoms with Crippen LogP contribution < -0.4 is 10.6 Å². The lowest BCUT2D eigenvalue weighted by Crippen LogP contribution is -2.49. The number of rotatable bonds is 0. The van der Waals surface area contributed by atoms with E-state index in [1.54, 1.807) is 0 Å². The molecule has 0 unspecified atom stereocenters. The first-order valence-corrected chi connectivity index (χ1v) is 3.90. The lowest BCUT2D eigenvalue weighted by atomic mass is 10.4. The van der Waals surface area contributed by atoms with E-state index in [-0.39, 0.29) is 0 Å². The minimum Gasteiger partial charge on any atom is -0.346 e. The zero-order valence-corrected chi connectivity index (χ0v) is 6.95. The number of thiocarbonyl (C=S) groups is 1. The Kier molecular flexibility index (Phi) is 3.08. The average molecular weight is 170 g/mol. The molecule has 0 atom stereocenters. The van der Waals surface area contributed by atoms with Crippen molar-refractivity contribution in [2.24, 2.45) is 0 Å². The summed E-state index contributed by atoms with van der Waals surface area (Å²) in [5.74, 6) is 0. The number of nitrogens with zero attached hydrogens (tertiary/aromatic N) is 2. The van der Waals surface area contributed by atoms with E-state index in [2.05, 4.69) is 10.6 Å². The molecule has 0 spiro atoms. The van der Waals surface area contributed by atoms with Crippen LogP contribution in [0.25, 0.3) is 0 Å². The molecule has 4 nitrogen and oxygen atoms in total. The minimum absolute atomic E-state index is 0.536. The number of hydrogen-bond acceptors (Lipinski definition) is 3. The Balaban J connectivity index is 2.34. The molecule has 1 rings (SSSR count). The van der Waals surface area contributed by atoms with Gasteiger partial charge in [-0.05, 0) is 12.2 Å². The van der Waals surface area contributed by atoms with Crippen molar-refractivity contribution in [1.82, 2.24) is 15.5 Å². The molecular formula is C6H10N4S. The molecule has 1 fully saturated rings. The Hall–Kier alpha value is -0.860. The molecule has 0 aromatic heterocycles. The van der Waals surface area contributed by atoms with Crippen molar-refractivity contribution in [3.05, 3.63) is 0 Å². The van der Waals surface area contributed by atoms with Crippen molar-refractivity contribution in [3.63, 3.8) is 0 Å². The zero-order chi connectivity index (χ0) is 8.10. The normalized spacial score (nSPS) is 17.2. The largest absolute Gasteiger partial charge is 0.346 e. The number of nitrogens with one attached hydrogen (secondary N) is 2. The summed E-state index contributed by atoms with van der Waals surface area (Å²) in [5.41, 5.74) is 0. The van der Waals surface area contributed by atoms with Crippen molar-refractivity contribution < 1.29 is 0 Å². The molecule has 0 saturated carbocycles. The fourth-order valence-electron chi connectivity index (χ4n) is 0.995. The van der Waals surface area contributed by atoms with E-state index in [4.69, 9.17) is 17.5 Å². The van der Waals surface area contributed by atoms with Crippen LogP contribution in [0.1, 0.15) is 0 Å². The van der Waals surface area contributed by atoms with Gasteiger partial charge >= 0.3 is 0 Å². The smallest absolute Gasteiger partial charge is 0.183 e. The summed E-state index contributed by atoms with van der Waals surface area (Å²) in [7, 11) is 0. The van der Waals surface area contributed by atoms with E-state index in [9.17, 15) is 0 Å².